The molecule has 1 aromatic carbocycles. The summed E-state index contributed by atoms with van der Waals surface area (Å²) in [4.78, 5) is 0. The Bertz CT molecular complexity index is 534. The van der Waals surface area contributed by atoms with Gasteiger partial charge in [-0.05, 0) is 18.2 Å². The van der Waals surface area contributed by atoms with E-state index in [1.807, 2.05) is 12.1 Å². The van der Waals surface area contributed by atoms with Crippen molar-refractivity contribution in [2.75, 3.05) is 13.7 Å². The van der Waals surface area contributed by atoms with E-state index in [-0.39, 0.29) is 6.54 Å². The van der Waals surface area contributed by atoms with Gasteiger partial charge in [-0.15, -0.1) is 13.2 Å². The molecular formula is C12H12F3NO2. The molecule has 0 spiro atoms. The van der Waals surface area contributed by atoms with Crippen LogP contribution in [-0.4, -0.2) is 24.6 Å². The average Bonchev–Trinajstić information content (AvgIpc) is 2.71. The van der Waals surface area contributed by atoms with Gasteiger partial charge in [0, 0.05) is 18.1 Å². The highest BCUT2D eigenvalue weighted by Crippen LogP contribution is 2.26. The number of nitrogens with zero attached hydrogens (tertiary/aromatic N) is 1. The molecule has 0 unspecified atom stereocenters. The molecule has 0 saturated carbocycles. The molecule has 0 radical (unpaired) electrons. The molecule has 2 aromatic rings. The highest BCUT2D eigenvalue weighted by molar-refractivity contribution is 5.86. The summed E-state index contributed by atoms with van der Waals surface area (Å²) in [5.41, 5.74) is 0.820. The Morgan fingerprint density at radius 3 is 2.67 bits per heavy atom. The van der Waals surface area contributed by atoms with Gasteiger partial charge in [-0.3, -0.25) is 4.74 Å². The first-order chi connectivity index (χ1) is 8.51. The van der Waals surface area contributed by atoms with Gasteiger partial charge in [0.15, 0.2) is 0 Å². The van der Waals surface area contributed by atoms with Crippen molar-refractivity contribution in [1.29, 1.82) is 0 Å². The molecule has 2 rings (SSSR count). The van der Waals surface area contributed by atoms with Crippen molar-refractivity contribution >= 4 is 10.9 Å². The first-order valence-electron chi connectivity index (χ1n) is 5.34. The molecule has 18 heavy (non-hydrogen) atoms. The molecule has 0 fully saturated rings. The van der Waals surface area contributed by atoms with Gasteiger partial charge in [0.25, 0.3) is 0 Å². The van der Waals surface area contributed by atoms with Gasteiger partial charge in [-0.25, -0.2) is 0 Å². The van der Waals surface area contributed by atoms with Crippen LogP contribution in [0.3, 0.4) is 0 Å². The van der Waals surface area contributed by atoms with Crippen molar-refractivity contribution in [1.82, 2.24) is 4.57 Å². The molecule has 0 saturated heterocycles. The summed E-state index contributed by atoms with van der Waals surface area (Å²) in [6.45, 7) is -0.277. The molecule has 98 valence electrons. The summed E-state index contributed by atoms with van der Waals surface area (Å²) in [7, 11) is 1.55. The predicted octanol–water partition coefficient (Wildman–Crippen LogP) is 3.19. The number of rotatable bonds is 4. The van der Waals surface area contributed by atoms with Crippen LogP contribution in [0.4, 0.5) is 13.2 Å². The topological polar surface area (TPSA) is 23.4 Å². The van der Waals surface area contributed by atoms with Gasteiger partial charge in [-0.2, -0.15) is 0 Å². The molecule has 0 N–H and O–H groups in total. The average molecular weight is 259 g/mol. The third-order valence-corrected chi connectivity index (χ3v) is 2.59. The highest BCUT2D eigenvalue weighted by Gasteiger charge is 2.28. The lowest BCUT2D eigenvalue weighted by molar-refractivity contribution is -0.325. The largest absolute Gasteiger partial charge is 0.522 e. The van der Waals surface area contributed by atoms with Crippen LogP contribution in [0.2, 0.25) is 0 Å². The predicted molar refractivity (Wildman–Crippen MR) is 60.5 cm³/mol. The third-order valence-electron chi connectivity index (χ3n) is 2.59. The zero-order valence-corrected chi connectivity index (χ0v) is 9.70. The zero-order valence-electron chi connectivity index (χ0n) is 9.70. The molecule has 1 aromatic heterocycles. The lowest BCUT2D eigenvalue weighted by atomic mass is 10.2. The summed E-state index contributed by atoms with van der Waals surface area (Å²) < 4.78 is 46.2. The molecule has 6 heteroatoms. The summed E-state index contributed by atoms with van der Waals surface area (Å²) in [6, 6.07) is 7.23. The summed E-state index contributed by atoms with van der Waals surface area (Å²) in [5.74, 6) is 0.697. The Labute approximate surface area is 102 Å². The molecular weight excluding hydrogens is 247 g/mol. The minimum Gasteiger partial charge on any atom is -0.496 e. The number of methoxy groups -OCH3 is 1. The van der Waals surface area contributed by atoms with E-state index in [2.05, 4.69) is 4.74 Å². The van der Waals surface area contributed by atoms with E-state index in [4.69, 9.17) is 4.74 Å². The van der Waals surface area contributed by atoms with E-state index in [1.54, 1.807) is 30.0 Å². The summed E-state index contributed by atoms with van der Waals surface area (Å²) in [6.07, 6.45) is -2.87. The van der Waals surface area contributed by atoms with Crippen LogP contribution in [0.25, 0.3) is 10.9 Å². The van der Waals surface area contributed by atoms with Gasteiger partial charge in [0.1, 0.15) is 5.75 Å². The Kier molecular flexibility index (Phi) is 3.47. The number of alkyl halides is 3. The maximum Gasteiger partial charge on any atom is 0.522 e. The Balaban J connectivity index is 2.15. The Hall–Kier alpha value is -1.69. The molecule has 0 aliphatic heterocycles. The van der Waals surface area contributed by atoms with E-state index in [9.17, 15) is 13.2 Å². The van der Waals surface area contributed by atoms with Crippen molar-refractivity contribution in [3.05, 3.63) is 30.5 Å². The fourth-order valence-corrected chi connectivity index (χ4v) is 1.83. The van der Waals surface area contributed by atoms with Crippen LogP contribution < -0.4 is 4.74 Å². The highest BCUT2D eigenvalue weighted by atomic mass is 19.4. The smallest absolute Gasteiger partial charge is 0.496 e. The summed E-state index contributed by atoms with van der Waals surface area (Å²) >= 11 is 0. The van der Waals surface area contributed by atoms with E-state index >= 15 is 0 Å². The molecule has 0 aliphatic carbocycles. The number of halogens is 3. The Morgan fingerprint density at radius 2 is 2.00 bits per heavy atom. The van der Waals surface area contributed by atoms with Crippen LogP contribution in [0.1, 0.15) is 0 Å². The van der Waals surface area contributed by atoms with E-state index in [0.29, 0.717) is 5.75 Å². The molecule has 0 aliphatic rings. The lowest BCUT2D eigenvalue weighted by Crippen LogP contribution is -2.17. The standard InChI is InChI=1S/C12H12F3NO2/c1-17-11-4-2-3-10-9(11)5-6-16(10)7-8-18-12(13,14)15/h2-6H,7-8H2,1H3. The fraction of sp³-hybridized carbons (Fsp3) is 0.333. The maximum atomic E-state index is 11.9. The van der Waals surface area contributed by atoms with Crippen LogP contribution in [-0.2, 0) is 11.3 Å². The number of benzene rings is 1. The SMILES string of the molecule is COc1cccc2c1ccn2CCOC(F)(F)F. The first kappa shape index (κ1) is 12.8. The second-order valence-electron chi connectivity index (χ2n) is 3.70. The van der Waals surface area contributed by atoms with Gasteiger partial charge < -0.3 is 9.30 Å². The first-order valence-corrected chi connectivity index (χ1v) is 5.34. The number of ether oxygens (including phenoxy) is 2. The third kappa shape index (κ3) is 2.76. The van der Waals surface area contributed by atoms with Crippen molar-refractivity contribution < 1.29 is 22.6 Å². The Morgan fingerprint density at radius 1 is 1.22 bits per heavy atom. The van der Waals surface area contributed by atoms with Crippen LogP contribution in [0.5, 0.6) is 5.75 Å². The van der Waals surface area contributed by atoms with E-state index < -0.39 is 13.0 Å². The van der Waals surface area contributed by atoms with Crippen LogP contribution >= 0.6 is 0 Å². The van der Waals surface area contributed by atoms with Crippen molar-refractivity contribution in [3.63, 3.8) is 0 Å². The van der Waals surface area contributed by atoms with Crippen molar-refractivity contribution in [2.24, 2.45) is 0 Å². The van der Waals surface area contributed by atoms with Crippen molar-refractivity contribution in [3.8, 4) is 5.75 Å². The number of hydrogen-bond donors (Lipinski definition) is 0. The van der Waals surface area contributed by atoms with E-state index in [1.165, 1.54) is 0 Å². The second kappa shape index (κ2) is 4.89. The van der Waals surface area contributed by atoms with Crippen LogP contribution in [0, 0.1) is 0 Å². The number of fused-ring (bicyclic) bond motifs is 1. The second-order valence-corrected chi connectivity index (χ2v) is 3.70. The van der Waals surface area contributed by atoms with Crippen molar-refractivity contribution in [2.45, 2.75) is 12.9 Å². The normalized spacial score (nSPS) is 12.0. The number of aromatic nitrogens is 1. The van der Waals surface area contributed by atoms with Gasteiger partial charge >= 0.3 is 6.36 Å². The molecule has 0 bridgehead atoms. The monoisotopic (exact) mass is 259 g/mol. The lowest BCUT2D eigenvalue weighted by Gasteiger charge is -2.09. The number of hydrogen-bond acceptors (Lipinski definition) is 2. The molecule has 0 atom stereocenters. The maximum absolute atomic E-state index is 11.9. The van der Waals surface area contributed by atoms with Gasteiger partial charge in [-0.1, -0.05) is 6.07 Å². The quantitative estimate of drug-likeness (QED) is 0.841. The molecule has 0 amide bonds. The minimum atomic E-state index is -4.58. The summed E-state index contributed by atoms with van der Waals surface area (Å²) in [5, 5.41) is 0.868. The fourth-order valence-electron chi connectivity index (χ4n) is 1.83. The van der Waals surface area contributed by atoms with Crippen LogP contribution in [0.15, 0.2) is 30.5 Å². The minimum absolute atomic E-state index is 0.135. The van der Waals surface area contributed by atoms with Gasteiger partial charge in [0.05, 0.1) is 19.2 Å². The van der Waals surface area contributed by atoms with Gasteiger partial charge in [0.2, 0.25) is 0 Å². The molecule has 3 nitrogen and oxygen atoms in total. The molecule has 1 heterocycles. The van der Waals surface area contributed by atoms with E-state index in [0.717, 1.165) is 10.9 Å². The zero-order chi connectivity index (χ0) is 13.2.